The molecule has 0 bridgehead atoms. The third-order valence-electron chi connectivity index (χ3n) is 1.93. The molecule has 0 aliphatic heterocycles. The van der Waals surface area contributed by atoms with Crippen LogP contribution in [-0.2, 0) is 6.42 Å². The van der Waals surface area contributed by atoms with Gasteiger partial charge in [0.1, 0.15) is 0 Å². The Bertz CT molecular complexity index is 537. The van der Waals surface area contributed by atoms with Crippen molar-refractivity contribution >= 4 is 12.0 Å². The van der Waals surface area contributed by atoms with Crippen molar-refractivity contribution in [2.24, 2.45) is 0 Å². The maximum Gasteiger partial charge on any atom is 0.284 e. The second kappa shape index (κ2) is 4.67. The molecule has 16 heavy (non-hydrogen) atoms. The van der Waals surface area contributed by atoms with Crippen molar-refractivity contribution < 1.29 is 9.72 Å². The second-order valence-electron chi connectivity index (χ2n) is 2.89. The lowest BCUT2D eigenvalue weighted by Gasteiger charge is -2.01. The van der Waals surface area contributed by atoms with Crippen molar-refractivity contribution in [3.8, 4) is 12.1 Å². The Morgan fingerprint density at radius 2 is 2.12 bits per heavy atom. The fourth-order valence-corrected chi connectivity index (χ4v) is 1.32. The van der Waals surface area contributed by atoms with Crippen LogP contribution in [0.5, 0.6) is 0 Å². The molecule has 0 heterocycles. The normalized spacial score (nSPS) is 8.88. The zero-order valence-electron chi connectivity index (χ0n) is 8.01. The molecule has 1 rings (SSSR count). The molecule has 0 aliphatic carbocycles. The molecule has 0 amide bonds. The Kier molecular flexibility index (Phi) is 3.31. The summed E-state index contributed by atoms with van der Waals surface area (Å²) in [6.07, 6.45) is 0.0898. The molecule has 0 spiro atoms. The first kappa shape index (κ1) is 11.3. The molecule has 0 radical (unpaired) electrons. The van der Waals surface area contributed by atoms with E-state index in [-0.39, 0.29) is 23.1 Å². The average molecular weight is 215 g/mol. The average Bonchev–Trinajstić information content (AvgIpc) is 2.27. The van der Waals surface area contributed by atoms with Crippen LogP contribution < -0.4 is 0 Å². The number of nitrogens with zero attached hydrogens (tertiary/aromatic N) is 3. The minimum absolute atomic E-state index is 0.0775. The minimum Gasteiger partial charge on any atom is -0.298 e. The summed E-state index contributed by atoms with van der Waals surface area (Å²) in [6.45, 7) is 0. The molecular formula is C10H5N3O3. The van der Waals surface area contributed by atoms with Crippen LogP contribution in [0.15, 0.2) is 12.1 Å². The number of rotatable bonds is 3. The van der Waals surface area contributed by atoms with Crippen molar-refractivity contribution in [2.45, 2.75) is 6.42 Å². The summed E-state index contributed by atoms with van der Waals surface area (Å²) in [5.41, 5.74) is -0.392. The first-order valence-electron chi connectivity index (χ1n) is 4.17. The second-order valence-corrected chi connectivity index (χ2v) is 2.89. The highest BCUT2D eigenvalue weighted by Crippen LogP contribution is 2.24. The quantitative estimate of drug-likeness (QED) is 0.429. The van der Waals surface area contributed by atoms with Crippen molar-refractivity contribution in [1.29, 1.82) is 10.5 Å². The fourth-order valence-electron chi connectivity index (χ4n) is 1.32. The Balaban J connectivity index is 3.56. The van der Waals surface area contributed by atoms with Crippen LogP contribution in [0.4, 0.5) is 5.69 Å². The number of nitro benzene ring substituents is 1. The lowest BCUT2D eigenvalue weighted by molar-refractivity contribution is -0.385. The largest absolute Gasteiger partial charge is 0.298 e. The van der Waals surface area contributed by atoms with Gasteiger partial charge in [0, 0.05) is 5.56 Å². The number of hydrogen-bond acceptors (Lipinski definition) is 5. The minimum atomic E-state index is -0.725. The van der Waals surface area contributed by atoms with Crippen molar-refractivity contribution in [2.75, 3.05) is 0 Å². The first-order chi connectivity index (χ1) is 7.63. The molecule has 0 unspecified atom stereocenters. The summed E-state index contributed by atoms with van der Waals surface area (Å²) in [6, 6.07) is 5.90. The third kappa shape index (κ3) is 2.02. The highest BCUT2D eigenvalue weighted by Gasteiger charge is 2.20. The van der Waals surface area contributed by atoms with Crippen LogP contribution in [0.2, 0.25) is 0 Å². The number of nitro groups is 1. The van der Waals surface area contributed by atoms with Crippen molar-refractivity contribution in [3.05, 3.63) is 38.9 Å². The van der Waals surface area contributed by atoms with Gasteiger partial charge in [-0.15, -0.1) is 0 Å². The summed E-state index contributed by atoms with van der Waals surface area (Å²) in [5, 5.41) is 27.9. The maximum atomic E-state index is 10.7. The van der Waals surface area contributed by atoms with Gasteiger partial charge in [-0.05, 0) is 12.1 Å². The molecule has 0 saturated heterocycles. The van der Waals surface area contributed by atoms with Gasteiger partial charge in [-0.2, -0.15) is 10.5 Å². The molecule has 0 saturated carbocycles. The summed E-state index contributed by atoms with van der Waals surface area (Å²) >= 11 is 0. The Morgan fingerprint density at radius 3 is 2.56 bits per heavy atom. The Labute approximate surface area is 90.5 Å². The van der Waals surface area contributed by atoms with E-state index in [9.17, 15) is 14.9 Å². The highest BCUT2D eigenvalue weighted by molar-refractivity contribution is 5.83. The van der Waals surface area contributed by atoms with E-state index in [1.54, 1.807) is 12.1 Å². The molecule has 6 heteroatoms. The van der Waals surface area contributed by atoms with E-state index < -0.39 is 10.6 Å². The molecule has 6 nitrogen and oxygen atoms in total. The fraction of sp³-hybridized carbons (Fsp3) is 0.100. The molecule has 0 aliphatic rings. The third-order valence-corrected chi connectivity index (χ3v) is 1.93. The number of benzene rings is 1. The van der Waals surface area contributed by atoms with Crippen LogP contribution in [0.25, 0.3) is 0 Å². The van der Waals surface area contributed by atoms with E-state index >= 15 is 0 Å². The van der Waals surface area contributed by atoms with Gasteiger partial charge in [0.15, 0.2) is 6.29 Å². The van der Waals surface area contributed by atoms with Crippen LogP contribution >= 0.6 is 0 Å². The molecule has 0 N–H and O–H groups in total. The zero-order valence-corrected chi connectivity index (χ0v) is 8.01. The van der Waals surface area contributed by atoms with Crippen molar-refractivity contribution in [1.82, 2.24) is 0 Å². The molecule has 0 atom stereocenters. The number of nitriles is 2. The van der Waals surface area contributed by atoms with Gasteiger partial charge >= 0.3 is 0 Å². The van der Waals surface area contributed by atoms with Gasteiger partial charge in [-0.25, -0.2) is 0 Å². The predicted octanol–water partition coefficient (Wildman–Crippen LogP) is 1.35. The van der Waals surface area contributed by atoms with Gasteiger partial charge in [-0.1, -0.05) is 0 Å². The predicted molar refractivity (Wildman–Crippen MR) is 52.5 cm³/mol. The van der Waals surface area contributed by atoms with Gasteiger partial charge in [0.05, 0.1) is 34.6 Å². The zero-order chi connectivity index (χ0) is 12.1. The molecular weight excluding hydrogens is 210 g/mol. The summed E-state index contributed by atoms with van der Waals surface area (Å²) in [4.78, 5) is 20.7. The molecule has 1 aromatic carbocycles. The van der Waals surface area contributed by atoms with E-state index in [1.165, 1.54) is 6.07 Å². The topological polar surface area (TPSA) is 108 Å². The van der Waals surface area contributed by atoms with Gasteiger partial charge in [-0.3, -0.25) is 14.9 Å². The summed E-state index contributed by atoms with van der Waals surface area (Å²) in [7, 11) is 0. The Morgan fingerprint density at radius 1 is 1.44 bits per heavy atom. The molecule has 78 valence electrons. The van der Waals surface area contributed by atoms with Crippen molar-refractivity contribution in [3.63, 3.8) is 0 Å². The maximum absolute atomic E-state index is 10.7. The van der Waals surface area contributed by atoms with Gasteiger partial charge in [0.2, 0.25) is 0 Å². The number of carbonyl (C=O) groups excluding carboxylic acids is 1. The van der Waals surface area contributed by atoms with Crippen LogP contribution in [0, 0.1) is 32.8 Å². The monoisotopic (exact) mass is 215 g/mol. The summed E-state index contributed by atoms with van der Waals surface area (Å²) < 4.78 is 0. The molecule has 0 fully saturated rings. The Hall–Kier alpha value is -2.73. The van der Waals surface area contributed by atoms with Crippen LogP contribution in [-0.4, -0.2) is 11.2 Å². The lowest BCUT2D eigenvalue weighted by atomic mass is 10.0. The van der Waals surface area contributed by atoms with E-state index in [4.69, 9.17) is 10.5 Å². The SMILES string of the molecule is N#CCc1cc(C#N)cc(C=O)c1[N+](=O)[O-]. The highest BCUT2D eigenvalue weighted by atomic mass is 16.6. The lowest BCUT2D eigenvalue weighted by Crippen LogP contribution is -2.01. The van der Waals surface area contributed by atoms with Crippen LogP contribution in [0.3, 0.4) is 0 Å². The van der Waals surface area contributed by atoms with E-state index in [0.717, 1.165) is 6.07 Å². The number of hydrogen-bond donors (Lipinski definition) is 0. The van der Waals surface area contributed by atoms with Crippen LogP contribution in [0.1, 0.15) is 21.5 Å². The van der Waals surface area contributed by atoms with Gasteiger partial charge < -0.3 is 0 Å². The molecule has 1 aromatic rings. The first-order valence-corrected chi connectivity index (χ1v) is 4.17. The number of aldehydes is 1. The van der Waals surface area contributed by atoms with E-state index in [2.05, 4.69) is 0 Å². The van der Waals surface area contributed by atoms with Gasteiger partial charge in [0.25, 0.3) is 5.69 Å². The van der Waals surface area contributed by atoms with E-state index in [0.29, 0.717) is 6.29 Å². The smallest absolute Gasteiger partial charge is 0.284 e. The number of carbonyl (C=O) groups is 1. The summed E-state index contributed by atoms with van der Waals surface area (Å²) in [5.74, 6) is 0. The standard InChI is InChI=1S/C10H5N3O3/c11-2-1-8-3-7(5-12)4-9(6-14)10(8)13(15)16/h3-4,6H,1H2. The van der Waals surface area contributed by atoms with E-state index in [1.807, 2.05) is 0 Å². The molecule has 0 aromatic heterocycles.